The highest BCUT2D eigenvalue weighted by atomic mass is 19.1. The highest BCUT2D eigenvalue weighted by Gasteiger charge is 2.22. The van der Waals surface area contributed by atoms with Gasteiger partial charge in [0.2, 0.25) is 0 Å². The number of benzene rings is 2. The molecule has 0 heterocycles. The first kappa shape index (κ1) is 17.0. The van der Waals surface area contributed by atoms with Crippen molar-refractivity contribution in [1.82, 2.24) is 0 Å². The summed E-state index contributed by atoms with van der Waals surface area (Å²) in [5.74, 6) is -1.08. The molecule has 1 N–H and O–H groups in total. The summed E-state index contributed by atoms with van der Waals surface area (Å²) in [5.41, 5.74) is 1.47. The van der Waals surface area contributed by atoms with E-state index >= 15 is 0 Å². The molecule has 122 valence electrons. The number of hydrogen-bond acceptors (Lipinski definition) is 2. The Hall–Kier alpha value is -2.36. The summed E-state index contributed by atoms with van der Waals surface area (Å²) in [5, 5.41) is 9.32. The number of carbonyl (C=O) groups is 1. The third kappa shape index (κ3) is 4.55. The van der Waals surface area contributed by atoms with Gasteiger partial charge in [0.1, 0.15) is 11.6 Å². The fourth-order valence-electron chi connectivity index (χ4n) is 2.24. The van der Waals surface area contributed by atoms with Crippen LogP contribution in [-0.2, 0) is 16.6 Å². The van der Waals surface area contributed by atoms with Crippen LogP contribution in [0, 0.1) is 5.82 Å². The molecule has 0 unspecified atom stereocenters. The average Bonchev–Trinajstić information content (AvgIpc) is 2.48. The second kappa shape index (κ2) is 6.82. The first-order chi connectivity index (χ1) is 10.8. The summed E-state index contributed by atoms with van der Waals surface area (Å²) in [6.45, 7) is 6.29. The molecular formula is C19H21FO3. The van der Waals surface area contributed by atoms with Crippen molar-refractivity contribution >= 4 is 5.97 Å². The summed E-state index contributed by atoms with van der Waals surface area (Å²) in [6, 6.07) is 13.4. The van der Waals surface area contributed by atoms with Gasteiger partial charge >= 0.3 is 5.97 Å². The van der Waals surface area contributed by atoms with Crippen LogP contribution < -0.4 is 4.74 Å². The van der Waals surface area contributed by atoms with Crippen LogP contribution in [0.1, 0.15) is 31.9 Å². The molecule has 0 saturated heterocycles. The maximum absolute atomic E-state index is 13.7. The van der Waals surface area contributed by atoms with E-state index in [9.17, 15) is 14.3 Å². The topological polar surface area (TPSA) is 46.5 Å². The third-order valence-electron chi connectivity index (χ3n) is 3.64. The van der Waals surface area contributed by atoms with E-state index in [1.54, 1.807) is 30.3 Å². The molecule has 1 atom stereocenters. The van der Waals surface area contributed by atoms with Gasteiger partial charge in [-0.05, 0) is 34.7 Å². The zero-order valence-corrected chi connectivity index (χ0v) is 13.5. The first-order valence-corrected chi connectivity index (χ1v) is 7.51. The quantitative estimate of drug-likeness (QED) is 0.899. The molecule has 0 spiro atoms. The van der Waals surface area contributed by atoms with Crippen molar-refractivity contribution in [3.8, 4) is 5.75 Å². The van der Waals surface area contributed by atoms with E-state index < -0.39 is 17.9 Å². The number of hydrogen-bond donors (Lipinski definition) is 1. The number of ether oxygens (including phenoxy) is 1. The Labute approximate surface area is 135 Å². The van der Waals surface area contributed by atoms with Crippen molar-refractivity contribution in [2.75, 3.05) is 0 Å². The molecule has 0 saturated carbocycles. The highest BCUT2D eigenvalue weighted by Crippen LogP contribution is 2.25. The lowest BCUT2D eigenvalue weighted by Crippen LogP contribution is -2.29. The van der Waals surface area contributed by atoms with Crippen LogP contribution in [0.4, 0.5) is 4.39 Å². The van der Waals surface area contributed by atoms with Crippen LogP contribution in [-0.4, -0.2) is 17.2 Å². The molecule has 2 aromatic rings. The van der Waals surface area contributed by atoms with E-state index in [4.69, 9.17) is 4.74 Å². The molecule has 2 aromatic carbocycles. The lowest BCUT2D eigenvalue weighted by atomic mass is 9.87. The fraction of sp³-hybridized carbons (Fsp3) is 0.316. The van der Waals surface area contributed by atoms with E-state index in [0.717, 1.165) is 5.56 Å². The number of carboxylic acids is 1. The number of halogens is 1. The van der Waals surface area contributed by atoms with Crippen LogP contribution >= 0.6 is 0 Å². The Balaban J connectivity index is 2.14. The number of aliphatic carboxylic acids is 1. The monoisotopic (exact) mass is 316 g/mol. The largest absolute Gasteiger partial charge is 0.478 e. The van der Waals surface area contributed by atoms with Crippen LogP contribution in [0.3, 0.4) is 0 Å². The second-order valence-electron chi connectivity index (χ2n) is 6.51. The summed E-state index contributed by atoms with van der Waals surface area (Å²) in [7, 11) is 0. The number of rotatable bonds is 5. The predicted octanol–water partition coefficient (Wildman–Crippen LogP) is 4.20. The Kier molecular flexibility index (Phi) is 5.04. The Morgan fingerprint density at radius 1 is 1.13 bits per heavy atom. The van der Waals surface area contributed by atoms with E-state index in [0.29, 0.717) is 11.3 Å². The van der Waals surface area contributed by atoms with Crippen molar-refractivity contribution in [2.45, 2.75) is 38.7 Å². The number of carboxylic acid groups (broad SMARTS) is 1. The molecule has 0 amide bonds. The van der Waals surface area contributed by atoms with Crippen LogP contribution in [0.25, 0.3) is 0 Å². The molecule has 0 aromatic heterocycles. The minimum absolute atomic E-state index is 0.0118. The van der Waals surface area contributed by atoms with Gasteiger partial charge in [-0.25, -0.2) is 9.18 Å². The Morgan fingerprint density at radius 2 is 1.74 bits per heavy atom. The van der Waals surface area contributed by atoms with Crippen molar-refractivity contribution in [2.24, 2.45) is 0 Å². The normalized spacial score (nSPS) is 12.7. The van der Waals surface area contributed by atoms with Gasteiger partial charge in [0.05, 0.1) is 0 Å². The fourth-order valence-corrected chi connectivity index (χ4v) is 2.24. The van der Waals surface area contributed by atoms with Gasteiger partial charge in [-0.15, -0.1) is 0 Å². The Bertz CT molecular complexity index is 672. The van der Waals surface area contributed by atoms with Crippen molar-refractivity contribution in [3.63, 3.8) is 0 Å². The zero-order chi connectivity index (χ0) is 17.0. The molecule has 0 fully saturated rings. The highest BCUT2D eigenvalue weighted by molar-refractivity contribution is 5.73. The molecule has 23 heavy (non-hydrogen) atoms. The van der Waals surface area contributed by atoms with Gasteiger partial charge in [0.15, 0.2) is 6.10 Å². The third-order valence-corrected chi connectivity index (χ3v) is 3.64. The standard InChI is InChI=1S/C19H21FO3/c1-19(2,3)14-8-10-15(11-9-14)23-17(18(21)22)12-13-6-4-5-7-16(13)20/h4-11,17H,12H2,1-3H3,(H,21,22)/t17-/m0/s1. The van der Waals surface area contributed by atoms with E-state index in [1.165, 1.54) is 6.07 Å². The smallest absolute Gasteiger partial charge is 0.345 e. The van der Waals surface area contributed by atoms with E-state index in [2.05, 4.69) is 20.8 Å². The summed E-state index contributed by atoms with van der Waals surface area (Å²) in [4.78, 5) is 11.4. The van der Waals surface area contributed by atoms with Gasteiger partial charge in [-0.3, -0.25) is 0 Å². The van der Waals surface area contributed by atoms with Gasteiger partial charge in [-0.1, -0.05) is 51.1 Å². The zero-order valence-electron chi connectivity index (χ0n) is 13.5. The van der Waals surface area contributed by atoms with Gasteiger partial charge in [0, 0.05) is 6.42 Å². The van der Waals surface area contributed by atoms with Crippen LogP contribution in [0.15, 0.2) is 48.5 Å². The maximum Gasteiger partial charge on any atom is 0.345 e. The molecule has 0 bridgehead atoms. The molecule has 0 radical (unpaired) electrons. The summed E-state index contributed by atoms with van der Waals surface area (Å²) in [6.07, 6.45) is -1.16. The van der Waals surface area contributed by atoms with Crippen molar-refractivity contribution < 1.29 is 19.0 Å². The molecule has 0 aliphatic heterocycles. The summed E-state index contributed by atoms with van der Waals surface area (Å²) >= 11 is 0. The van der Waals surface area contributed by atoms with E-state index in [1.807, 2.05) is 12.1 Å². The molecule has 3 nitrogen and oxygen atoms in total. The van der Waals surface area contributed by atoms with Crippen LogP contribution in [0.5, 0.6) is 5.75 Å². The lowest BCUT2D eigenvalue weighted by molar-refractivity contribution is -0.145. The van der Waals surface area contributed by atoms with Gasteiger partial charge in [0.25, 0.3) is 0 Å². The molecule has 0 aliphatic carbocycles. The lowest BCUT2D eigenvalue weighted by Gasteiger charge is -2.20. The van der Waals surface area contributed by atoms with Gasteiger partial charge < -0.3 is 9.84 Å². The SMILES string of the molecule is CC(C)(C)c1ccc(O[C@@H](Cc2ccccc2F)C(=O)O)cc1. The maximum atomic E-state index is 13.7. The minimum Gasteiger partial charge on any atom is -0.478 e. The minimum atomic E-state index is -1.13. The van der Waals surface area contributed by atoms with Gasteiger partial charge in [-0.2, -0.15) is 0 Å². The second-order valence-corrected chi connectivity index (χ2v) is 6.51. The summed E-state index contributed by atoms with van der Waals surface area (Å²) < 4.78 is 19.2. The molecular weight excluding hydrogens is 295 g/mol. The van der Waals surface area contributed by atoms with Crippen molar-refractivity contribution in [3.05, 3.63) is 65.5 Å². The average molecular weight is 316 g/mol. The van der Waals surface area contributed by atoms with E-state index in [-0.39, 0.29) is 11.8 Å². The Morgan fingerprint density at radius 3 is 2.26 bits per heavy atom. The molecule has 2 rings (SSSR count). The van der Waals surface area contributed by atoms with Crippen LogP contribution in [0.2, 0.25) is 0 Å². The molecule has 4 heteroatoms. The van der Waals surface area contributed by atoms with Crippen molar-refractivity contribution in [1.29, 1.82) is 0 Å². The predicted molar refractivity (Wildman–Crippen MR) is 87.3 cm³/mol. The molecule has 0 aliphatic rings. The first-order valence-electron chi connectivity index (χ1n) is 7.51.